The lowest BCUT2D eigenvalue weighted by Crippen LogP contribution is -2.34. The lowest BCUT2D eigenvalue weighted by molar-refractivity contribution is 0.0600. The molecule has 2 aromatic carbocycles. The topological polar surface area (TPSA) is 107 Å². The molecule has 0 aromatic heterocycles. The number of hydrogen-bond donors (Lipinski definition) is 0. The van der Waals surface area contributed by atoms with Gasteiger partial charge in [0.2, 0.25) is 10.0 Å². The standard InChI is InChI=1S/C20H22ClNO7S2/c1-28-17-8-7-14(20(23)29-2)13-19(17)31(26,27)22-10-9-18(30(24,25)12-11-22)15-5-3-4-6-16(15)21/h3-8,13,18H,9-12H2,1-2H3. The van der Waals surface area contributed by atoms with Gasteiger partial charge in [0.25, 0.3) is 0 Å². The molecule has 1 heterocycles. The van der Waals surface area contributed by atoms with E-state index in [9.17, 15) is 21.6 Å². The van der Waals surface area contributed by atoms with Crippen LogP contribution in [-0.2, 0) is 24.6 Å². The maximum atomic E-state index is 13.4. The van der Waals surface area contributed by atoms with Gasteiger partial charge in [-0.3, -0.25) is 0 Å². The summed E-state index contributed by atoms with van der Waals surface area (Å²) in [5.41, 5.74) is 0.493. The molecule has 0 bridgehead atoms. The Morgan fingerprint density at radius 3 is 2.48 bits per heavy atom. The van der Waals surface area contributed by atoms with Crippen molar-refractivity contribution < 1.29 is 31.1 Å². The maximum absolute atomic E-state index is 13.4. The number of methoxy groups -OCH3 is 2. The quantitative estimate of drug-likeness (QED) is 0.596. The monoisotopic (exact) mass is 487 g/mol. The van der Waals surface area contributed by atoms with E-state index < -0.39 is 31.1 Å². The first-order valence-electron chi connectivity index (χ1n) is 9.34. The van der Waals surface area contributed by atoms with E-state index in [0.717, 1.165) is 4.31 Å². The van der Waals surface area contributed by atoms with Gasteiger partial charge in [-0.05, 0) is 36.2 Å². The molecule has 0 N–H and O–H groups in total. The van der Waals surface area contributed by atoms with Gasteiger partial charge in [-0.15, -0.1) is 0 Å². The van der Waals surface area contributed by atoms with Crippen LogP contribution in [0.25, 0.3) is 0 Å². The number of sulfone groups is 1. The molecule has 0 spiro atoms. The molecule has 0 amide bonds. The number of esters is 1. The Hall–Kier alpha value is -2.14. The minimum atomic E-state index is -4.16. The highest BCUT2D eigenvalue weighted by molar-refractivity contribution is 7.92. The third kappa shape index (κ3) is 4.72. The molecule has 0 aliphatic carbocycles. The van der Waals surface area contributed by atoms with Crippen LogP contribution in [0, 0.1) is 0 Å². The van der Waals surface area contributed by atoms with Crippen LogP contribution in [-0.4, -0.2) is 60.2 Å². The van der Waals surface area contributed by atoms with Gasteiger partial charge in [-0.25, -0.2) is 21.6 Å². The van der Waals surface area contributed by atoms with Gasteiger partial charge in [0.1, 0.15) is 10.6 Å². The Balaban J connectivity index is 1.99. The van der Waals surface area contributed by atoms with Crippen LogP contribution in [0.5, 0.6) is 5.75 Å². The van der Waals surface area contributed by atoms with Crippen LogP contribution in [0.1, 0.15) is 27.6 Å². The predicted molar refractivity (Wildman–Crippen MR) is 116 cm³/mol. The van der Waals surface area contributed by atoms with Crippen molar-refractivity contribution in [2.24, 2.45) is 0 Å². The summed E-state index contributed by atoms with van der Waals surface area (Å²) in [5, 5.41) is -0.593. The van der Waals surface area contributed by atoms with Crippen molar-refractivity contribution >= 4 is 37.4 Å². The summed E-state index contributed by atoms with van der Waals surface area (Å²) in [6.45, 7) is -0.264. The lowest BCUT2D eigenvalue weighted by atomic mass is 10.1. The molecule has 1 unspecified atom stereocenters. The molecule has 8 nitrogen and oxygen atoms in total. The molecular formula is C20H22ClNO7S2. The summed E-state index contributed by atoms with van der Waals surface area (Å²) in [7, 11) is -5.30. The number of rotatable bonds is 5. The molecule has 2 aromatic rings. The molecule has 1 atom stereocenters. The van der Waals surface area contributed by atoms with Gasteiger partial charge < -0.3 is 9.47 Å². The van der Waals surface area contributed by atoms with E-state index in [1.165, 1.54) is 32.4 Å². The molecule has 168 valence electrons. The molecule has 1 aliphatic rings. The summed E-state index contributed by atoms with van der Waals surface area (Å²) >= 11 is 6.20. The first kappa shape index (κ1) is 23.5. The first-order chi connectivity index (χ1) is 14.6. The van der Waals surface area contributed by atoms with E-state index in [0.29, 0.717) is 10.6 Å². The van der Waals surface area contributed by atoms with Crippen molar-refractivity contribution in [2.75, 3.05) is 33.1 Å². The molecule has 0 saturated carbocycles. The van der Waals surface area contributed by atoms with E-state index in [4.69, 9.17) is 16.3 Å². The van der Waals surface area contributed by atoms with Gasteiger partial charge in [-0.2, -0.15) is 4.31 Å². The second kappa shape index (κ2) is 9.15. The zero-order valence-corrected chi connectivity index (χ0v) is 19.3. The van der Waals surface area contributed by atoms with E-state index in [-0.39, 0.29) is 41.5 Å². The molecular weight excluding hydrogens is 466 g/mol. The summed E-state index contributed by atoms with van der Waals surface area (Å²) in [4.78, 5) is 11.6. The average molecular weight is 488 g/mol. The Morgan fingerprint density at radius 1 is 1.13 bits per heavy atom. The zero-order chi connectivity index (χ0) is 22.8. The number of nitrogens with zero attached hydrogens (tertiary/aromatic N) is 1. The molecule has 11 heteroatoms. The summed E-state index contributed by atoms with van der Waals surface area (Å²) in [6.07, 6.45) is 0.0459. The fraction of sp³-hybridized carbons (Fsp3) is 0.350. The SMILES string of the molecule is COC(=O)c1ccc(OC)c(S(=O)(=O)N2CCC(c3ccccc3Cl)S(=O)(=O)CC2)c1. The summed E-state index contributed by atoms with van der Waals surface area (Å²) in [6, 6.07) is 10.6. The van der Waals surface area contributed by atoms with Crippen molar-refractivity contribution in [2.45, 2.75) is 16.6 Å². The van der Waals surface area contributed by atoms with Crippen molar-refractivity contribution in [3.8, 4) is 5.75 Å². The van der Waals surface area contributed by atoms with Gasteiger partial charge in [0.15, 0.2) is 9.84 Å². The number of carbonyl (C=O) groups excluding carboxylic acids is 1. The van der Waals surface area contributed by atoms with Crippen molar-refractivity contribution in [3.05, 3.63) is 58.6 Å². The molecule has 0 radical (unpaired) electrons. The summed E-state index contributed by atoms with van der Waals surface area (Å²) in [5.74, 6) is -1.01. The molecule has 1 fully saturated rings. The van der Waals surface area contributed by atoms with Crippen LogP contribution in [0.2, 0.25) is 5.02 Å². The van der Waals surface area contributed by atoms with Gasteiger partial charge in [0, 0.05) is 18.1 Å². The highest BCUT2D eigenvalue weighted by Crippen LogP contribution is 2.36. The van der Waals surface area contributed by atoms with Crippen LogP contribution < -0.4 is 4.74 Å². The molecule has 3 rings (SSSR count). The van der Waals surface area contributed by atoms with Gasteiger partial charge in [0.05, 0.1) is 30.8 Å². The summed E-state index contributed by atoms with van der Waals surface area (Å²) < 4.78 is 63.5. The van der Waals surface area contributed by atoms with E-state index in [1.54, 1.807) is 24.3 Å². The van der Waals surface area contributed by atoms with Gasteiger partial charge in [-0.1, -0.05) is 29.8 Å². The van der Waals surface area contributed by atoms with Crippen molar-refractivity contribution in [1.29, 1.82) is 0 Å². The van der Waals surface area contributed by atoms with Gasteiger partial charge >= 0.3 is 5.97 Å². The number of benzene rings is 2. The highest BCUT2D eigenvalue weighted by Gasteiger charge is 2.37. The van der Waals surface area contributed by atoms with Crippen molar-refractivity contribution in [1.82, 2.24) is 4.31 Å². The Kier molecular flexibility index (Phi) is 6.95. The molecule has 31 heavy (non-hydrogen) atoms. The third-order valence-corrected chi connectivity index (χ3v) is 9.53. The fourth-order valence-electron chi connectivity index (χ4n) is 3.51. The third-order valence-electron chi connectivity index (χ3n) is 5.15. The normalized spacial score (nSPS) is 19.4. The maximum Gasteiger partial charge on any atom is 0.337 e. The fourth-order valence-corrected chi connectivity index (χ4v) is 7.41. The number of carbonyl (C=O) groups is 1. The smallest absolute Gasteiger partial charge is 0.337 e. The average Bonchev–Trinajstić information content (AvgIpc) is 2.91. The van der Waals surface area contributed by atoms with Crippen LogP contribution in [0.15, 0.2) is 47.4 Å². The molecule has 1 saturated heterocycles. The number of sulfonamides is 1. The number of hydrogen-bond acceptors (Lipinski definition) is 7. The number of ether oxygens (including phenoxy) is 2. The van der Waals surface area contributed by atoms with Crippen LogP contribution in [0.4, 0.5) is 0 Å². The Bertz CT molecular complexity index is 1200. The van der Waals surface area contributed by atoms with Crippen LogP contribution >= 0.6 is 11.6 Å². The number of halogens is 1. The minimum absolute atomic E-state index is 0.0386. The van der Waals surface area contributed by atoms with E-state index in [2.05, 4.69) is 4.74 Å². The Labute approximate surface area is 186 Å². The highest BCUT2D eigenvalue weighted by atomic mass is 35.5. The zero-order valence-electron chi connectivity index (χ0n) is 16.9. The molecule has 1 aliphatic heterocycles. The minimum Gasteiger partial charge on any atom is -0.495 e. The van der Waals surface area contributed by atoms with E-state index >= 15 is 0 Å². The second-order valence-corrected chi connectivity index (χ2v) is 11.5. The van der Waals surface area contributed by atoms with Crippen LogP contribution in [0.3, 0.4) is 0 Å². The first-order valence-corrected chi connectivity index (χ1v) is 12.9. The Morgan fingerprint density at radius 2 is 1.84 bits per heavy atom. The van der Waals surface area contributed by atoms with E-state index in [1.807, 2.05) is 0 Å². The second-order valence-electron chi connectivity index (χ2n) is 6.93. The van der Waals surface area contributed by atoms with Crippen molar-refractivity contribution in [3.63, 3.8) is 0 Å². The lowest BCUT2D eigenvalue weighted by Gasteiger charge is -2.21. The largest absolute Gasteiger partial charge is 0.495 e. The predicted octanol–water partition coefficient (Wildman–Crippen LogP) is 2.69.